The SMILES string of the molecule is N#Cc1ccc(Cl)cc1NCCOC(F)(F)F. The van der Waals surface area contributed by atoms with Gasteiger partial charge in [-0.15, -0.1) is 13.2 Å². The minimum Gasteiger partial charge on any atom is -0.382 e. The minimum atomic E-state index is -4.64. The zero-order valence-corrected chi connectivity index (χ0v) is 9.27. The molecule has 1 N–H and O–H groups in total. The first-order valence-electron chi connectivity index (χ1n) is 4.56. The number of rotatable bonds is 4. The number of nitriles is 1. The highest BCUT2D eigenvalue weighted by Gasteiger charge is 2.28. The van der Waals surface area contributed by atoms with Crippen molar-refractivity contribution in [2.24, 2.45) is 0 Å². The first-order chi connectivity index (χ1) is 7.92. The topological polar surface area (TPSA) is 45.0 Å². The van der Waals surface area contributed by atoms with Crippen molar-refractivity contribution in [3.8, 4) is 6.07 Å². The van der Waals surface area contributed by atoms with Crippen molar-refractivity contribution in [2.75, 3.05) is 18.5 Å². The van der Waals surface area contributed by atoms with Crippen molar-refractivity contribution in [1.29, 1.82) is 5.26 Å². The maximum absolute atomic E-state index is 11.7. The number of anilines is 1. The van der Waals surface area contributed by atoms with Crippen LogP contribution in [-0.2, 0) is 4.74 Å². The molecule has 0 amide bonds. The summed E-state index contributed by atoms with van der Waals surface area (Å²) in [5.41, 5.74) is 0.687. The van der Waals surface area contributed by atoms with Crippen LogP contribution in [0.1, 0.15) is 5.56 Å². The van der Waals surface area contributed by atoms with E-state index in [-0.39, 0.29) is 6.54 Å². The molecule has 1 rings (SSSR count). The van der Waals surface area contributed by atoms with Gasteiger partial charge in [-0.05, 0) is 18.2 Å². The van der Waals surface area contributed by atoms with E-state index in [0.29, 0.717) is 16.3 Å². The molecule has 0 heterocycles. The first kappa shape index (κ1) is 13.6. The van der Waals surface area contributed by atoms with Gasteiger partial charge in [-0.2, -0.15) is 5.26 Å². The van der Waals surface area contributed by atoms with Crippen LogP contribution >= 0.6 is 11.6 Å². The van der Waals surface area contributed by atoms with Crippen molar-refractivity contribution >= 4 is 17.3 Å². The lowest BCUT2D eigenvalue weighted by molar-refractivity contribution is -0.322. The molecule has 1 aromatic rings. The van der Waals surface area contributed by atoms with Gasteiger partial charge in [0.2, 0.25) is 0 Å². The fourth-order valence-electron chi connectivity index (χ4n) is 1.11. The molecule has 0 aliphatic heterocycles. The molecular weight excluding hydrogens is 257 g/mol. The summed E-state index contributed by atoms with van der Waals surface area (Å²) in [7, 11) is 0. The summed E-state index contributed by atoms with van der Waals surface area (Å²) in [6.45, 7) is -0.616. The quantitative estimate of drug-likeness (QED) is 0.850. The molecule has 0 unspecified atom stereocenters. The van der Waals surface area contributed by atoms with Crippen LogP contribution < -0.4 is 5.32 Å². The molecule has 0 aromatic heterocycles. The monoisotopic (exact) mass is 264 g/mol. The lowest BCUT2D eigenvalue weighted by Gasteiger charge is -2.10. The molecule has 0 atom stereocenters. The second-order valence-corrected chi connectivity index (χ2v) is 3.46. The molecule has 0 radical (unpaired) electrons. The van der Waals surface area contributed by atoms with E-state index in [1.807, 2.05) is 6.07 Å². The fraction of sp³-hybridized carbons (Fsp3) is 0.300. The van der Waals surface area contributed by atoms with E-state index in [1.165, 1.54) is 18.2 Å². The van der Waals surface area contributed by atoms with Gasteiger partial charge in [-0.1, -0.05) is 11.6 Å². The third-order valence-corrected chi connectivity index (χ3v) is 2.02. The number of ether oxygens (including phenoxy) is 1. The van der Waals surface area contributed by atoms with E-state index >= 15 is 0 Å². The van der Waals surface area contributed by atoms with Gasteiger partial charge >= 0.3 is 6.36 Å². The molecule has 7 heteroatoms. The third-order valence-electron chi connectivity index (χ3n) is 1.79. The van der Waals surface area contributed by atoms with Crippen LogP contribution in [0, 0.1) is 11.3 Å². The van der Waals surface area contributed by atoms with Gasteiger partial charge in [0.05, 0.1) is 17.9 Å². The highest BCUT2D eigenvalue weighted by Crippen LogP contribution is 2.20. The largest absolute Gasteiger partial charge is 0.522 e. The predicted molar refractivity (Wildman–Crippen MR) is 56.7 cm³/mol. The van der Waals surface area contributed by atoms with E-state index < -0.39 is 13.0 Å². The van der Waals surface area contributed by atoms with E-state index in [1.54, 1.807) is 0 Å². The normalized spacial score (nSPS) is 11.0. The zero-order valence-electron chi connectivity index (χ0n) is 8.51. The van der Waals surface area contributed by atoms with Gasteiger partial charge in [0.25, 0.3) is 0 Å². The average Bonchev–Trinajstić information content (AvgIpc) is 2.23. The van der Waals surface area contributed by atoms with Crippen LogP contribution in [0.2, 0.25) is 5.02 Å². The van der Waals surface area contributed by atoms with Crippen LogP contribution in [0.15, 0.2) is 18.2 Å². The summed E-state index contributed by atoms with van der Waals surface area (Å²) >= 11 is 5.70. The Morgan fingerprint density at radius 2 is 2.12 bits per heavy atom. The lowest BCUT2D eigenvalue weighted by Crippen LogP contribution is -2.19. The predicted octanol–water partition coefficient (Wildman–Crippen LogP) is 3.16. The summed E-state index contributed by atoms with van der Waals surface area (Å²) in [5.74, 6) is 0. The molecule has 0 saturated heterocycles. The lowest BCUT2D eigenvalue weighted by atomic mass is 10.2. The standard InChI is InChI=1S/C10H8ClF3N2O/c11-8-2-1-7(6-15)9(5-8)16-3-4-17-10(12,13)14/h1-2,5,16H,3-4H2. The van der Waals surface area contributed by atoms with Crippen molar-refractivity contribution < 1.29 is 17.9 Å². The summed E-state index contributed by atoms with van der Waals surface area (Å²) in [6, 6.07) is 6.37. The highest BCUT2D eigenvalue weighted by molar-refractivity contribution is 6.30. The molecule has 0 bridgehead atoms. The number of nitrogens with zero attached hydrogens (tertiary/aromatic N) is 1. The van der Waals surface area contributed by atoms with Gasteiger partial charge in [-0.3, -0.25) is 4.74 Å². The molecule has 0 spiro atoms. The minimum absolute atomic E-state index is 0.0749. The van der Waals surface area contributed by atoms with Crippen molar-refractivity contribution in [1.82, 2.24) is 0 Å². The summed E-state index contributed by atoms with van der Waals surface area (Å²) < 4.78 is 38.6. The number of nitrogens with one attached hydrogen (secondary N) is 1. The third kappa shape index (κ3) is 4.93. The van der Waals surface area contributed by atoms with E-state index in [4.69, 9.17) is 16.9 Å². The molecule has 0 aliphatic carbocycles. The highest BCUT2D eigenvalue weighted by atomic mass is 35.5. The molecule has 17 heavy (non-hydrogen) atoms. The van der Waals surface area contributed by atoms with E-state index in [2.05, 4.69) is 10.1 Å². The molecule has 0 saturated carbocycles. The van der Waals surface area contributed by atoms with Gasteiger partial charge in [0.15, 0.2) is 0 Å². The average molecular weight is 265 g/mol. The molecule has 0 aliphatic rings. The Kier molecular flexibility index (Phi) is 4.61. The number of halogens is 4. The van der Waals surface area contributed by atoms with Crippen molar-refractivity contribution in [2.45, 2.75) is 6.36 Å². The van der Waals surface area contributed by atoms with Gasteiger partial charge < -0.3 is 5.32 Å². The fourth-order valence-corrected chi connectivity index (χ4v) is 1.28. The second kappa shape index (κ2) is 5.75. The summed E-state index contributed by atoms with van der Waals surface area (Å²) in [4.78, 5) is 0. The Bertz CT molecular complexity index is 429. The molecule has 92 valence electrons. The van der Waals surface area contributed by atoms with Gasteiger partial charge in [-0.25, -0.2) is 0 Å². The van der Waals surface area contributed by atoms with E-state index in [9.17, 15) is 13.2 Å². The Labute approximate surface area is 101 Å². The van der Waals surface area contributed by atoms with Gasteiger partial charge in [0, 0.05) is 11.6 Å². The Morgan fingerprint density at radius 1 is 1.41 bits per heavy atom. The maximum Gasteiger partial charge on any atom is 0.522 e. The number of alkyl halides is 3. The Morgan fingerprint density at radius 3 is 2.71 bits per heavy atom. The summed E-state index contributed by atoms with van der Waals surface area (Å²) in [5, 5.41) is 11.8. The molecule has 3 nitrogen and oxygen atoms in total. The first-order valence-corrected chi connectivity index (χ1v) is 4.94. The van der Waals surface area contributed by atoms with Crippen LogP contribution in [0.4, 0.5) is 18.9 Å². The van der Waals surface area contributed by atoms with Crippen LogP contribution in [0.3, 0.4) is 0 Å². The number of benzene rings is 1. The van der Waals surface area contributed by atoms with Crippen molar-refractivity contribution in [3.05, 3.63) is 28.8 Å². The molecular formula is C10H8ClF3N2O. The smallest absolute Gasteiger partial charge is 0.382 e. The maximum atomic E-state index is 11.7. The second-order valence-electron chi connectivity index (χ2n) is 3.02. The van der Waals surface area contributed by atoms with Crippen LogP contribution in [0.25, 0.3) is 0 Å². The van der Waals surface area contributed by atoms with Crippen LogP contribution in [-0.4, -0.2) is 19.5 Å². The number of hydrogen-bond acceptors (Lipinski definition) is 3. The molecule has 0 fully saturated rings. The molecule has 1 aromatic carbocycles. The summed E-state index contributed by atoms with van der Waals surface area (Å²) in [6.07, 6.45) is -4.64. The Hall–Kier alpha value is -1.45. The van der Waals surface area contributed by atoms with Crippen molar-refractivity contribution in [3.63, 3.8) is 0 Å². The van der Waals surface area contributed by atoms with Gasteiger partial charge in [0.1, 0.15) is 6.07 Å². The Balaban J connectivity index is 2.52. The number of hydrogen-bond donors (Lipinski definition) is 1. The van der Waals surface area contributed by atoms with Crippen LogP contribution in [0.5, 0.6) is 0 Å². The van der Waals surface area contributed by atoms with E-state index in [0.717, 1.165) is 0 Å². The zero-order chi connectivity index (χ0) is 12.9.